The Bertz CT molecular complexity index is 2020. The predicted molar refractivity (Wildman–Crippen MR) is 178 cm³/mol. The Hall–Kier alpha value is -3.36. The van der Waals surface area contributed by atoms with Gasteiger partial charge in [0.2, 0.25) is 0 Å². The SMILES string of the molecule is Clc1c2nc(c(Cl)c3nc(c(Cl)c4ccc([nH]4)c(Cl)c4ccc([nH]4)c(Cl)c4nc(c(Cl)c5nc1C=C5)C=C4)C=C3)C=C2. The van der Waals surface area contributed by atoms with Gasteiger partial charge in [0.25, 0.3) is 0 Å². The number of nitrogens with zero attached hydrogens (tertiary/aromatic N) is 4. The molecule has 0 radical (unpaired) electrons. The number of halogens is 6. The van der Waals surface area contributed by atoms with Crippen LogP contribution in [-0.2, 0) is 0 Å². The van der Waals surface area contributed by atoms with Crippen molar-refractivity contribution in [2.24, 2.45) is 0 Å². The fourth-order valence-corrected chi connectivity index (χ4v) is 5.83. The molecule has 12 heteroatoms. The summed E-state index contributed by atoms with van der Waals surface area (Å²) in [4.78, 5) is 24.9. The highest BCUT2D eigenvalue weighted by molar-refractivity contribution is 6.39. The molecule has 4 aliphatic heterocycles. The van der Waals surface area contributed by atoms with Crippen LogP contribution >= 0.6 is 69.6 Å². The van der Waals surface area contributed by atoms with Gasteiger partial charge in [0, 0.05) is 0 Å². The smallest absolute Gasteiger partial charge is 0.0919 e. The van der Waals surface area contributed by atoms with E-state index in [1.165, 1.54) is 0 Å². The summed E-state index contributed by atoms with van der Waals surface area (Å²) in [6, 6.07) is 7.31. The normalized spacial score (nSPS) is 13.1. The van der Waals surface area contributed by atoms with Crippen LogP contribution in [0, 0.1) is 0 Å². The highest BCUT2D eigenvalue weighted by Gasteiger charge is 2.17. The lowest BCUT2D eigenvalue weighted by molar-refractivity contribution is 1.25. The molecule has 0 amide bonds. The summed E-state index contributed by atoms with van der Waals surface area (Å²) < 4.78 is 0. The highest BCUT2D eigenvalue weighted by Crippen LogP contribution is 2.34. The summed E-state index contributed by atoms with van der Waals surface area (Å²) in [7, 11) is 0. The van der Waals surface area contributed by atoms with Crippen LogP contribution in [0.15, 0.2) is 24.3 Å². The topological polar surface area (TPSA) is 83.1 Å². The van der Waals surface area contributed by atoms with Crippen LogP contribution in [-0.4, -0.2) is 29.9 Å². The quantitative estimate of drug-likeness (QED) is 0.168. The van der Waals surface area contributed by atoms with E-state index in [-0.39, 0.29) is 0 Å². The largest absolute Gasteiger partial charge is 0.353 e. The van der Waals surface area contributed by atoms with Crippen LogP contribution < -0.4 is 0 Å². The third-order valence-corrected chi connectivity index (χ3v) is 9.04. The summed E-state index contributed by atoms with van der Waals surface area (Å²) in [5.74, 6) is 0. The van der Waals surface area contributed by atoms with Crippen molar-refractivity contribution in [2.45, 2.75) is 0 Å². The fourth-order valence-electron chi connectivity index (χ4n) is 4.54. The van der Waals surface area contributed by atoms with Crippen LogP contribution in [0.5, 0.6) is 0 Å². The number of fused-ring (bicyclic) bond motifs is 12. The van der Waals surface area contributed by atoms with E-state index in [9.17, 15) is 0 Å². The minimum Gasteiger partial charge on any atom is -0.353 e. The number of rotatable bonds is 0. The highest BCUT2D eigenvalue weighted by atomic mass is 35.5. The molecule has 0 aromatic carbocycles. The second-order valence-electron chi connectivity index (χ2n) is 9.32. The van der Waals surface area contributed by atoms with Gasteiger partial charge in [0.05, 0.1) is 97.8 Å². The zero-order valence-corrected chi connectivity index (χ0v) is 25.5. The molecule has 2 N–H and O–H groups in total. The average Bonchev–Trinajstić information content (AvgIpc) is 3.86. The van der Waals surface area contributed by atoms with E-state index in [1.54, 1.807) is 48.6 Å². The third-order valence-electron chi connectivity index (χ3n) is 6.68. The molecule has 0 atom stereocenters. The van der Waals surface area contributed by atoms with Crippen molar-refractivity contribution in [1.29, 1.82) is 0 Å². The molecular formula is C30H14Cl6N6. The molecule has 4 aliphatic rings. The lowest BCUT2D eigenvalue weighted by Crippen LogP contribution is -1.85. The van der Waals surface area contributed by atoms with E-state index in [0.717, 1.165) is 0 Å². The molecule has 12 bridgehead atoms. The van der Waals surface area contributed by atoms with Crippen LogP contribution in [0.3, 0.4) is 0 Å². The van der Waals surface area contributed by atoms with Crippen LogP contribution in [0.1, 0.15) is 45.6 Å². The first-order valence-electron chi connectivity index (χ1n) is 12.4. The number of aromatic amines is 2. The molecule has 6 nitrogen and oxygen atoms in total. The van der Waals surface area contributed by atoms with Crippen molar-refractivity contribution < 1.29 is 0 Å². The summed E-state index contributed by atoms with van der Waals surface area (Å²) in [6.07, 6.45) is 14.2. The van der Waals surface area contributed by atoms with Gasteiger partial charge in [-0.3, -0.25) is 0 Å². The van der Waals surface area contributed by atoms with Gasteiger partial charge in [-0.05, 0) is 72.9 Å². The molecule has 0 saturated heterocycles. The van der Waals surface area contributed by atoms with Gasteiger partial charge >= 0.3 is 0 Å². The Morgan fingerprint density at radius 1 is 0.310 bits per heavy atom. The van der Waals surface area contributed by atoms with E-state index in [1.807, 2.05) is 24.3 Å². The molecule has 0 unspecified atom stereocenters. The number of nitrogens with one attached hydrogen (secondary N) is 2. The van der Waals surface area contributed by atoms with Crippen LogP contribution in [0.4, 0.5) is 0 Å². The lowest BCUT2D eigenvalue weighted by Gasteiger charge is -1.95. The Morgan fingerprint density at radius 3 is 0.786 bits per heavy atom. The average molecular weight is 671 g/mol. The molecule has 0 aliphatic carbocycles. The molecule has 7 rings (SSSR count). The Balaban J connectivity index is 1.54. The summed E-state index contributed by atoms with van der Waals surface area (Å²) in [5, 5.41) is 2.29. The molecule has 7 heterocycles. The van der Waals surface area contributed by atoms with E-state index in [4.69, 9.17) is 69.6 Å². The Labute approximate surface area is 268 Å². The molecule has 206 valence electrons. The minimum absolute atomic E-state index is 0.344. The maximum atomic E-state index is 6.74. The van der Waals surface area contributed by atoms with E-state index in [0.29, 0.717) is 97.8 Å². The maximum absolute atomic E-state index is 6.74. The standard InChI is InChI=1S/C30H14Cl6N6/c31-25-13-1-2-14(37-13)26(32)16-5-6-18(39-16)28(34)20-9-10-22(41-20)30(36)24-12-11-23(42-24)29(35)21-8-7-19(40-21)27(33)17-4-3-15(25)38-17/h1-12,37-38H. The second kappa shape index (κ2) is 10.7. The van der Waals surface area contributed by atoms with Crippen LogP contribution in [0.2, 0.25) is 30.1 Å². The van der Waals surface area contributed by atoms with Crippen molar-refractivity contribution in [3.8, 4) is 0 Å². The van der Waals surface area contributed by atoms with Gasteiger partial charge in [-0.2, -0.15) is 0 Å². The van der Waals surface area contributed by atoms with Crippen molar-refractivity contribution in [1.82, 2.24) is 29.9 Å². The van der Waals surface area contributed by atoms with Gasteiger partial charge in [-0.25, -0.2) is 19.9 Å². The number of hydrogen-bond acceptors (Lipinski definition) is 4. The maximum Gasteiger partial charge on any atom is 0.0919 e. The molecule has 42 heavy (non-hydrogen) atoms. The van der Waals surface area contributed by atoms with E-state index >= 15 is 0 Å². The second-order valence-corrected chi connectivity index (χ2v) is 11.6. The first-order valence-corrected chi connectivity index (χ1v) is 14.7. The molecule has 0 saturated carbocycles. The summed E-state index contributed by atoms with van der Waals surface area (Å²) in [5.41, 5.74) is 6.69. The van der Waals surface area contributed by atoms with Crippen molar-refractivity contribution >= 4 is 140 Å². The van der Waals surface area contributed by atoms with E-state index < -0.39 is 0 Å². The molecule has 0 fully saturated rings. The predicted octanol–water partition coefficient (Wildman–Crippen LogP) is 10.6. The lowest BCUT2D eigenvalue weighted by atomic mass is 10.3. The van der Waals surface area contributed by atoms with Crippen molar-refractivity contribution in [2.75, 3.05) is 0 Å². The van der Waals surface area contributed by atoms with Crippen molar-refractivity contribution in [3.05, 3.63) is 100.0 Å². The molecule has 0 spiro atoms. The molecular weight excluding hydrogens is 657 g/mol. The zero-order chi connectivity index (χ0) is 29.1. The zero-order valence-electron chi connectivity index (χ0n) is 21.0. The van der Waals surface area contributed by atoms with Gasteiger partial charge in [-0.1, -0.05) is 69.6 Å². The first-order chi connectivity index (χ1) is 20.3. The number of aromatic nitrogens is 6. The number of H-pyrrole nitrogens is 2. The van der Waals surface area contributed by atoms with E-state index in [2.05, 4.69) is 29.9 Å². The minimum atomic E-state index is 0.344. The third kappa shape index (κ3) is 4.78. The van der Waals surface area contributed by atoms with Gasteiger partial charge in [0.15, 0.2) is 0 Å². The summed E-state index contributed by atoms with van der Waals surface area (Å²) >= 11 is 40.3. The Morgan fingerprint density at radius 2 is 0.524 bits per heavy atom. The molecule has 3 aromatic heterocycles. The monoisotopic (exact) mass is 668 g/mol. The van der Waals surface area contributed by atoms with Gasteiger partial charge in [0.1, 0.15) is 0 Å². The van der Waals surface area contributed by atoms with Crippen molar-refractivity contribution in [3.63, 3.8) is 0 Å². The van der Waals surface area contributed by atoms with Gasteiger partial charge < -0.3 is 9.97 Å². The number of hydrogen-bond donors (Lipinski definition) is 2. The Kier molecular flexibility index (Phi) is 7.02. The van der Waals surface area contributed by atoms with Gasteiger partial charge in [-0.15, -0.1) is 0 Å². The van der Waals surface area contributed by atoms with Crippen LogP contribution in [0.25, 0.3) is 70.7 Å². The fraction of sp³-hybridized carbons (Fsp3) is 0. The summed E-state index contributed by atoms with van der Waals surface area (Å²) in [6.45, 7) is 0. The molecule has 3 aromatic rings. The first kappa shape index (κ1) is 27.5.